The first-order valence-electron chi connectivity index (χ1n) is 6.19. The molecule has 1 aromatic carbocycles. The molecule has 20 heavy (non-hydrogen) atoms. The molecule has 4 nitrogen and oxygen atoms in total. The van der Waals surface area contributed by atoms with Gasteiger partial charge in [0.05, 0.1) is 5.69 Å². The fourth-order valence-corrected chi connectivity index (χ4v) is 2.04. The minimum atomic E-state index is -0.202. The highest BCUT2D eigenvalue weighted by Gasteiger charge is 2.12. The Kier molecular flexibility index (Phi) is 4.25. The molecular weight excluding hydrogens is 274 g/mol. The lowest BCUT2D eigenvalue weighted by Crippen LogP contribution is -2.15. The van der Waals surface area contributed by atoms with Crippen LogP contribution in [0.2, 0.25) is 5.15 Å². The second-order valence-corrected chi connectivity index (χ2v) is 5.05. The predicted molar refractivity (Wildman–Crippen MR) is 82.7 cm³/mol. The molecule has 1 amide bonds. The van der Waals surface area contributed by atoms with E-state index in [9.17, 15) is 4.79 Å². The molecule has 0 fully saturated rings. The number of aryl methyl sites for hydroxylation is 1. The van der Waals surface area contributed by atoms with Gasteiger partial charge in [0.2, 0.25) is 0 Å². The van der Waals surface area contributed by atoms with Crippen LogP contribution in [-0.4, -0.2) is 25.0 Å². The van der Waals surface area contributed by atoms with Crippen LogP contribution in [0.1, 0.15) is 15.9 Å². The summed E-state index contributed by atoms with van der Waals surface area (Å²) >= 11 is 6.01. The molecule has 2 rings (SSSR count). The lowest BCUT2D eigenvalue weighted by Gasteiger charge is -2.14. The smallest absolute Gasteiger partial charge is 0.255 e. The molecule has 1 aromatic heterocycles. The summed E-state index contributed by atoms with van der Waals surface area (Å²) in [6, 6.07) is 9.19. The van der Waals surface area contributed by atoms with Gasteiger partial charge in [0.25, 0.3) is 5.91 Å². The summed E-state index contributed by atoms with van der Waals surface area (Å²) in [5.74, 6) is -0.202. The first-order chi connectivity index (χ1) is 9.49. The molecule has 0 saturated heterocycles. The molecule has 1 heterocycles. The van der Waals surface area contributed by atoms with E-state index >= 15 is 0 Å². The molecule has 0 atom stereocenters. The van der Waals surface area contributed by atoms with E-state index < -0.39 is 0 Å². The van der Waals surface area contributed by atoms with Crippen molar-refractivity contribution in [3.8, 4) is 0 Å². The van der Waals surface area contributed by atoms with Gasteiger partial charge in [-0.15, -0.1) is 0 Å². The lowest BCUT2D eigenvalue weighted by atomic mass is 10.1. The number of amides is 1. The number of hydrogen-bond acceptors (Lipinski definition) is 3. The fourth-order valence-electron chi connectivity index (χ4n) is 1.79. The Hall–Kier alpha value is -2.07. The standard InChI is InChI=1S/C15H16ClN3O/c1-10-7-8-17-14(16)13(10)18-15(20)11-5-4-6-12(9-11)19(2)3/h4-9H,1-3H3,(H,18,20). The van der Waals surface area contributed by atoms with Crippen LogP contribution in [0.3, 0.4) is 0 Å². The fraction of sp³-hybridized carbons (Fsp3) is 0.200. The molecule has 0 aliphatic carbocycles. The third kappa shape index (κ3) is 3.08. The van der Waals surface area contributed by atoms with Crippen LogP contribution in [0, 0.1) is 6.92 Å². The zero-order valence-corrected chi connectivity index (χ0v) is 12.4. The summed E-state index contributed by atoms with van der Waals surface area (Å²) in [6.07, 6.45) is 1.61. The average molecular weight is 290 g/mol. The summed E-state index contributed by atoms with van der Waals surface area (Å²) in [5.41, 5.74) is 2.97. The minimum absolute atomic E-state index is 0.202. The van der Waals surface area contributed by atoms with Crippen molar-refractivity contribution in [3.63, 3.8) is 0 Å². The third-order valence-corrected chi connectivity index (χ3v) is 3.26. The zero-order chi connectivity index (χ0) is 14.7. The molecule has 2 aromatic rings. The molecule has 1 N–H and O–H groups in total. The molecule has 104 valence electrons. The number of halogens is 1. The summed E-state index contributed by atoms with van der Waals surface area (Å²) in [5, 5.41) is 3.10. The Morgan fingerprint density at radius 3 is 2.70 bits per heavy atom. The van der Waals surface area contributed by atoms with Gasteiger partial charge in [-0.05, 0) is 36.8 Å². The third-order valence-electron chi connectivity index (χ3n) is 2.98. The molecule has 5 heteroatoms. The monoisotopic (exact) mass is 289 g/mol. The Morgan fingerprint density at radius 2 is 2.05 bits per heavy atom. The normalized spacial score (nSPS) is 10.2. The number of benzene rings is 1. The molecule has 0 aliphatic heterocycles. The largest absolute Gasteiger partial charge is 0.378 e. The van der Waals surface area contributed by atoms with Gasteiger partial charge in [0.15, 0.2) is 5.15 Å². The van der Waals surface area contributed by atoms with E-state index in [2.05, 4.69) is 10.3 Å². The molecule has 0 aliphatic rings. The van der Waals surface area contributed by atoms with Crippen LogP contribution >= 0.6 is 11.6 Å². The van der Waals surface area contributed by atoms with Crippen molar-refractivity contribution in [2.24, 2.45) is 0 Å². The van der Waals surface area contributed by atoms with Gasteiger partial charge in [0, 0.05) is 31.5 Å². The van der Waals surface area contributed by atoms with Crippen molar-refractivity contribution < 1.29 is 4.79 Å². The van der Waals surface area contributed by atoms with Crippen molar-refractivity contribution >= 4 is 28.9 Å². The maximum atomic E-state index is 12.3. The zero-order valence-electron chi connectivity index (χ0n) is 11.6. The van der Waals surface area contributed by atoms with Gasteiger partial charge in [-0.25, -0.2) is 4.98 Å². The molecule has 0 spiro atoms. The molecule has 0 unspecified atom stereocenters. The Balaban J connectivity index is 2.26. The molecular formula is C15H16ClN3O. The Bertz CT molecular complexity index is 621. The highest BCUT2D eigenvalue weighted by molar-refractivity contribution is 6.32. The minimum Gasteiger partial charge on any atom is -0.378 e. The summed E-state index contributed by atoms with van der Waals surface area (Å²) in [6.45, 7) is 1.87. The average Bonchev–Trinajstić information content (AvgIpc) is 2.43. The highest BCUT2D eigenvalue weighted by atomic mass is 35.5. The van der Waals surface area contributed by atoms with Gasteiger partial charge < -0.3 is 10.2 Å². The van der Waals surface area contributed by atoms with E-state index in [-0.39, 0.29) is 5.91 Å². The number of nitrogens with one attached hydrogen (secondary N) is 1. The van der Waals surface area contributed by atoms with Crippen molar-refractivity contribution in [2.75, 3.05) is 24.3 Å². The van der Waals surface area contributed by atoms with E-state index in [0.717, 1.165) is 11.3 Å². The van der Waals surface area contributed by atoms with Crippen molar-refractivity contribution in [3.05, 3.63) is 52.8 Å². The van der Waals surface area contributed by atoms with Gasteiger partial charge in [-0.3, -0.25) is 4.79 Å². The second kappa shape index (κ2) is 5.92. The summed E-state index contributed by atoms with van der Waals surface area (Å²) in [7, 11) is 3.86. The van der Waals surface area contributed by atoms with Crippen molar-refractivity contribution in [2.45, 2.75) is 6.92 Å². The number of carbonyl (C=O) groups excluding carboxylic acids is 1. The van der Waals surface area contributed by atoms with Gasteiger partial charge >= 0.3 is 0 Å². The first kappa shape index (κ1) is 14.3. The number of rotatable bonds is 3. The van der Waals surface area contributed by atoms with Crippen LogP contribution in [0.5, 0.6) is 0 Å². The number of nitrogens with zero attached hydrogens (tertiary/aromatic N) is 2. The van der Waals surface area contributed by atoms with E-state index in [4.69, 9.17) is 11.6 Å². The summed E-state index contributed by atoms with van der Waals surface area (Å²) in [4.78, 5) is 18.2. The SMILES string of the molecule is Cc1ccnc(Cl)c1NC(=O)c1cccc(N(C)C)c1. The van der Waals surface area contributed by atoms with Gasteiger partial charge in [0.1, 0.15) is 0 Å². The topological polar surface area (TPSA) is 45.2 Å². The van der Waals surface area contributed by atoms with Crippen LogP contribution in [-0.2, 0) is 0 Å². The van der Waals surface area contributed by atoms with E-state index in [1.165, 1.54) is 0 Å². The van der Waals surface area contributed by atoms with Gasteiger partial charge in [-0.2, -0.15) is 0 Å². The number of aromatic nitrogens is 1. The first-order valence-corrected chi connectivity index (χ1v) is 6.56. The Morgan fingerprint density at radius 1 is 1.30 bits per heavy atom. The number of hydrogen-bond donors (Lipinski definition) is 1. The van der Waals surface area contributed by atoms with E-state index in [0.29, 0.717) is 16.4 Å². The predicted octanol–water partition coefficient (Wildman–Crippen LogP) is 3.36. The lowest BCUT2D eigenvalue weighted by molar-refractivity contribution is 0.102. The van der Waals surface area contributed by atoms with Gasteiger partial charge in [-0.1, -0.05) is 17.7 Å². The van der Waals surface area contributed by atoms with Crippen LogP contribution in [0.15, 0.2) is 36.5 Å². The second-order valence-electron chi connectivity index (χ2n) is 4.69. The quantitative estimate of drug-likeness (QED) is 0.881. The Labute approximate surface area is 123 Å². The molecule has 0 bridgehead atoms. The van der Waals surface area contributed by atoms with Crippen LogP contribution in [0.25, 0.3) is 0 Å². The van der Waals surface area contributed by atoms with Crippen molar-refractivity contribution in [1.29, 1.82) is 0 Å². The van der Waals surface area contributed by atoms with E-state index in [1.54, 1.807) is 18.3 Å². The van der Waals surface area contributed by atoms with Crippen LogP contribution < -0.4 is 10.2 Å². The molecule has 0 radical (unpaired) electrons. The highest BCUT2D eigenvalue weighted by Crippen LogP contribution is 2.24. The molecule has 0 saturated carbocycles. The van der Waals surface area contributed by atoms with E-state index in [1.807, 2.05) is 44.1 Å². The van der Waals surface area contributed by atoms with Crippen LogP contribution in [0.4, 0.5) is 11.4 Å². The number of pyridine rings is 1. The maximum absolute atomic E-state index is 12.3. The number of carbonyl (C=O) groups is 1. The summed E-state index contributed by atoms with van der Waals surface area (Å²) < 4.78 is 0. The number of anilines is 2. The maximum Gasteiger partial charge on any atom is 0.255 e. The van der Waals surface area contributed by atoms with Crippen molar-refractivity contribution in [1.82, 2.24) is 4.98 Å².